The zero-order chi connectivity index (χ0) is 9.56. The summed E-state index contributed by atoms with van der Waals surface area (Å²) in [5.74, 6) is 0. The van der Waals surface area contributed by atoms with Crippen molar-refractivity contribution in [1.82, 2.24) is 4.90 Å². The first-order valence-corrected chi connectivity index (χ1v) is 4.51. The Kier molecular flexibility index (Phi) is 5.43. The standard InChI is InChI=1S/C10H20N2/c1-6-9(3)10(7-2)12(5)8-11-4/h8H,6-7H2,1-5H3. The molecule has 0 saturated carbocycles. The molecule has 0 N–H and O–H groups in total. The molecule has 0 aromatic heterocycles. The molecule has 2 nitrogen and oxygen atoms in total. The first-order valence-electron chi connectivity index (χ1n) is 4.51. The zero-order valence-corrected chi connectivity index (χ0v) is 8.89. The molecule has 70 valence electrons. The van der Waals surface area contributed by atoms with E-state index in [2.05, 4.69) is 30.7 Å². The largest absolute Gasteiger partial charge is 0.340 e. The predicted molar refractivity (Wildman–Crippen MR) is 55.5 cm³/mol. The van der Waals surface area contributed by atoms with E-state index in [1.165, 1.54) is 11.3 Å². The van der Waals surface area contributed by atoms with Gasteiger partial charge in [0.1, 0.15) is 0 Å². The van der Waals surface area contributed by atoms with Crippen LogP contribution in [-0.4, -0.2) is 25.3 Å². The molecule has 0 heterocycles. The first-order chi connectivity index (χ1) is 5.67. The Bertz CT molecular complexity index is 180. The second-order valence-electron chi connectivity index (χ2n) is 2.92. The molecular weight excluding hydrogens is 148 g/mol. The molecule has 0 aliphatic rings. The van der Waals surface area contributed by atoms with E-state index in [0.29, 0.717) is 0 Å². The first kappa shape index (κ1) is 11.2. The number of rotatable bonds is 4. The van der Waals surface area contributed by atoms with Crippen molar-refractivity contribution >= 4 is 6.34 Å². The van der Waals surface area contributed by atoms with Crippen molar-refractivity contribution in [3.8, 4) is 0 Å². The molecule has 0 bridgehead atoms. The Balaban J connectivity index is 4.54. The van der Waals surface area contributed by atoms with Crippen LogP contribution in [0.1, 0.15) is 33.6 Å². The summed E-state index contributed by atoms with van der Waals surface area (Å²) in [6.45, 7) is 6.54. The number of aliphatic imine (C=N–C) groups is 1. The fourth-order valence-corrected chi connectivity index (χ4v) is 1.30. The second kappa shape index (κ2) is 5.81. The predicted octanol–water partition coefficient (Wildman–Crippen LogP) is 2.67. The highest BCUT2D eigenvalue weighted by molar-refractivity contribution is 5.57. The molecule has 0 amide bonds. The van der Waals surface area contributed by atoms with Gasteiger partial charge in [-0.05, 0) is 19.8 Å². The minimum absolute atomic E-state index is 1.07. The number of allylic oxidation sites excluding steroid dienone is 2. The van der Waals surface area contributed by atoms with Crippen molar-refractivity contribution in [2.24, 2.45) is 4.99 Å². The fraction of sp³-hybridized carbons (Fsp3) is 0.700. The lowest BCUT2D eigenvalue weighted by Crippen LogP contribution is -2.16. The highest BCUT2D eigenvalue weighted by Crippen LogP contribution is 2.13. The summed E-state index contributed by atoms with van der Waals surface area (Å²) in [5, 5.41) is 0. The van der Waals surface area contributed by atoms with Crippen molar-refractivity contribution in [2.45, 2.75) is 33.6 Å². The second-order valence-corrected chi connectivity index (χ2v) is 2.92. The third kappa shape index (κ3) is 3.07. The Morgan fingerprint density at radius 3 is 2.25 bits per heavy atom. The van der Waals surface area contributed by atoms with E-state index in [0.717, 1.165) is 12.8 Å². The van der Waals surface area contributed by atoms with E-state index in [1.807, 2.05) is 13.4 Å². The highest BCUT2D eigenvalue weighted by atomic mass is 15.1. The van der Waals surface area contributed by atoms with Gasteiger partial charge < -0.3 is 4.90 Å². The molecular formula is C10H20N2. The lowest BCUT2D eigenvalue weighted by atomic mass is 10.1. The summed E-state index contributed by atoms with van der Waals surface area (Å²) >= 11 is 0. The number of hydrogen-bond acceptors (Lipinski definition) is 1. The topological polar surface area (TPSA) is 15.6 Å². The molecule has 0 aromatic rings. The Labute approximate surface area is 76.0 Å². The van der Waals surface area contributed by atoms with E-state index in [1.54, 1.807) is 7.05 Å². The van der Waals surface area contributed by atoms with Crippen molar-refractivity contribution < 1.29 is 0 Å². The third-order valence-electron chi connectivity index (χ3n) is 2.07. The van der Waals surface area contributed by atoms with Crippen molar-refractivity contribution in [1.29, 1.82) is 0 Å². The summed E-state index contributed by atoms with van der Waals surface area (Å²) < 4.78 is 0. The maximum absolute atomic E-state index is 3.99. The van der Waals surface area contributed by atoms with E-state index in [-0.39, 0.29) is 0 Å². The van der Waals surface area contributed by atoms with Crippen LogP contribution in [0.3, 0.4) is 0 Å². The number of nitrogens with zero attached hydrogens (tertiary/aromatic N) is 2. The monoisotopic (exact) mass is 168 g/mol. The van der Waals surface area contributed by atoms with Crippen LogP contribution in [-0.2, 0) is 0 Å². The van der Waals surface area contributed by atoms with E-state index >= 15 is 0 Å². The van der Waals surface area contributed by atoms with Crippen LogP contribution < -0.4 is 0 Å². The molecule has 0 saturated heterocycles. The van der Waals surface area contributed by atoms with Crippen molar-refractivity contribution in [3.63, 3.8) is 0 Å². The minimum Gasteiger partial charge on any atom is -0.340 e. The maximum atomic E-state index is 3.99. The average molecular weight is 168 g/mol. The molecule has 0 atom stereocenters. The quantitative estimate of drug-likeness (QED) is 0.465. The number of hydrogen-bond donors (Lipinski definition) is 0. The van der Waals surface area contributed by atoms with Gasteiger partial charge in [0, 0.05) is 19.8 Å². The lowest BCUT2D eigenvalue weighted by molar-refractivity contribution is 0.599. The van der Waals surface area contributed by atoms with Crippen molar-refractivity contribution in [2.75, 3.05) is 14.1 Å². The Hall–Kier alpha value is -0.790. The molecule has 0 aliphatic carbocycles. The highest BCUT2D eigenvalue weighted by Gasteiger charge is 2.02. The van der Waals surface area contributed by atoms with Gasteiger partial charge in [0.05, 0.1) is 6.34 Å². The molecule has 0 unspecified atom stereocenters. The van der Waals surface area contributed by atoms with Crippen LogP contribution in [0, 0.1) is 0 Å². The molecule has 2 heteroatoms. The SMILES string of the molecule is CCC(C)=C(CC)N(C)C=NC. The van der Waals surface area contributed by atoms with Crippen LogP contribution in [0.2, 0.25) is 0 Å². The minimum atomic E-state index is 1.07. The maximum Gasteiger partial charge on any atom is 0.0885 e. The fourth-order valence-electron chi connectivity index (χ4n) is 1.30. The molecule has 0 radical (unpaired) electrons. The van der Waals surface area contributed by atoms with Gasteiger partial charge in [-0.25, -0.2) is 0 Å². The average Bonchev–Trinajstić information content (AvgIpc) is 2.06. The van der Waals surface area contributed by atoms with E-state index < -0.39 is 0 Å². The molecule has 0 rings (SSSR count). The normalized spacial score (nSPS) is 13.4. The molecule has 0 spiro atoms. The Morgan fingerprint density at radius 1 is 1.33 bits per heavy atom. The van der Waals surface area contributed by atoms with Crippen LogP contribution >= 0.6 is 0 Å². The van der Waals surface area contributed by atoms with Crippen LogP contribution in [0.15, 0.2) is 16.3 Å². The van der Waals surface area contributed by atoms with Gasteiger partial charge in [-0.15, -0.1) is 0 Å². The third-order valence-corrected chi connectivity index (χ3v) is 2.07. The smallest absolute Gasteiger partial charge is 0.0885 e. The van der Waals surface area contributed by atoms with Crippen LogP contribution in [0.4, 0.5) is 0 Å². The van der Waals surface area contributed by atoms with Gasteiger partial charge in [0.25, 0.3) is 0 Å². The molecule has 0 aromatic carbocycles. The van der Waals surface area contributed by atoms with Crippen LogP contribution in [0.5, 0.6) is 0 Å². The lowest BCUT2D eigenvalue weighted by Gasteiger charge is -2.18. The van der Waals surface area contributed by atoms with Crippen molar-refractivity contribution in [3.05, 3.63) is 11.3 Å². The van der Waals surface area contributed by atoms with Gasteiger partial charge >= 0.3 is 0 Å². The Morgan fingerprint density at radius 2 is 1.92 bits per heavy atom. The van der Waals surface area contributed by atoms with Crippen LogP contribution in [0.25, 0.3) is 0 Å². The van der Waals surface area contributed by atoms with Gasteiger partial charge in [0.15, 0.2) is 0 Å². The van der Waals surface area contributed by atoms with Gasteiger partial charge in [0.2, 0.25) is 0 Å². The zero-order valence-electron chi connectivity index (χ0n) is 8.89. The summed E-state index contributed by atoms with van der Waals surface area (Å²) in [6, 6.07) is 0. The van der Waals surface area contributed by atoms with Gasteiger partial charge in [-0.2, -0.15) is 0 Å². The summed E-state index contributed by atoms with van der Waals surface area (Å²) in [4.78, 5) is 6.08. The molecule has 0 aliphatic heterocycles. The van der Waals surface area contributed by atoms with Gasteiger partial charge in [-0.1, -0.05) is 19.4 Å². The summed E-state index contributed by atoms with van der Waals surface area (Å²) in [6.07, 6.45) is 4.05. The molecule has 0 fully saturated rings. The molecule has 12 heavy (non-hydrogen) atoms. The van der Waals surface area contributed by atoms with E-state index in [9.17, 15) is 0 Å². The van der Waals surface area contributed by atoms with E-state index in [4.69, 9.17) is 0 Å². The summed E-state index contributed by atoms with van der Waals surface area (Å²) in [7, 11) is 3.84. The van der Waals surface area contributed by atoms with Gasteiger partial charge in [-0.3, -0.25) is 4.99 Å². The summed E-state index contributed by atoms with van der Waals surface area (Å²) in [5.41, 5.74) is 2.82.